The highest BCUT2D eigenvalue weighted by molar-refractivity contribution is 7.99. The van der Waals surface area contributed by atoms with Crippen LogP contribution in [0.25, 0.3) is 0 Å². The first-order valence-electron chi connectivity index (χ1n) is 5.30. The molecule has 2 rings (SSSR count). The summed E-state index contributed by atoms with van der Waals surface area (Å²) >= 11 is 1.75. The normalized spacial score (nSPS) is 22.8. The van der Waals surface area contributed by atoms with Crippen LogP contribution in [0.15, 0.2) is 11.2 Å². The van der Waals surface area contributed by atoms with Crippen LogP contribution in [0.5, 0.6) is 0 Å². The minimum atomic E-state index is -3.57. The average molecular weight is 277 g/mol. The van der Waals surface area contributed by atoms with Gasteiger partial charge in [0.25, 0.3) is 10.0 Å². The first-order valence-corrected chi connectivity index (χ1v) is 7.89. The summed E-state index contributed by atoms with van der Waals surface area (Å²) in [7, 11) is -3.57. The monoisotopic (exact) mass is 277 g/mol. The summed E-state index contributed by atoms with van der Waals surface area (Å²) < 4.78 is 26.2. The number of hydrogen-bond donors (Lipinski definition) is 2. The number of aromatic amines is 1. The Balaban J connectivity index is 2.35. The first kappa shape index (κ1) is 12.9. The summed E-state index contributed by atoms with van der Waals surface area (Å²) in [6, 6.07) is -0.0337. The van der Waals surface area contributed by atoms with E-state index in [1.165, 1.54) is 10.5 Å². The fraction of sp³-hybridized carbons (Fsp3) is 0.667. The molecule has 0 bridgehead atoms. The van der Waals surface area contributed by atoms with Crippen LogP contribution in [0.2, 0.25) is 0 Å². The van der Waals surface area contributed by atoms with Crippen molar-refractivity contribution in [3.05, 3.63) is 11.8 Å². The number of H-pyrrole nitrogens is 1. The molecule has 6 nitrogen and oxygen atoms in total. The minimum Gasteiger partial charge on any atom is -0.392 e. The number of aromatic nitrogens is 2. The second-order valence-corrected chi connectivity index (χ2v) is 6.90. The van der Waals surface area contributed by atoms with Crippen molar-refractivity contribution in [3.63, 3.8) is 0 Å². The zero-order valence-corrected chi connectivity index (χ0v) is 11.1. The third-order valence-electron chi connectivity index (χ3n) is 2.72. The number of nitrogens with zero attached hydrogens (tertiary/aromatic N) is 2. The van der Waals surface area contributed by atoms with Gasteiger partial charge in [0.15, 0.2) is 5.03 Å². The fourth-order valence-electron chi connectivity index (χ4n) is 1.82. The molecular weight excluding hydrogens is 262 g/mol. The Morgan fingerprint density at radius 3 is 3.12 bits per heavy atom. The van der Waals surface area contributed by atoms with E-state index >= 15 is 0 Å². The van der Waals surface area contributed by atoms with Gasteiger partial charge in [0.05, 0.1) is 12.8 Å². The summed E-state index contributed by atoms with van der Waals surface area (Å²) in [5.74, 6) is 1.59. The molecule has 0 aliphatic carbocycles. The Hall–Kier alpha value is -0.570. The van der Waals surface area contributed by atoms with Gasteiger partial charge in [0, 0.05) is 29.7 Å². The molecule has 2 N–H and O–H groups in total. The zero-order valence-electron chi connectivity index (χ0n) is 9.46. The number of aliphatic hydroxyl groups is 1. The Morgan fingerprint density at radius 1 is 1.71 bits per heavy atom. The van der Waals surface area contributed by atoms with Crippen LogP contribution in [0.4, 0.5) is 0 Å². The molecule has 1 aliphatic rings. The summed E-state index contributed by atoms with van der Waals surface area (Å²) in [6.45, 7) is 2.05. The van der Waals surface area contributed by atoms with Crippen LogP contribution < -0.4 is 0 Å². The quantitative estimate of drug-likeness (QED) is 0.814. The van der Waals surface area contributed by atoms with Crippen molar-refractivity contribution in [1.29, 1.82) is 0 Å². The van der Waals surface area contributed by atoms with Crippen molar-refractivity contribution in [2.45, 2.75) is 24.6 Å². The highest BCUT2D eigenvalue weighted by Crippen LogP contribution is 2.24. The molecule has 96 valence electrons. The molecule has 1 aromatic heterocycles. The van der Waals surface area contributed by atoms with Gasteiger partial charge in [0.1, 0.15) is 0 Å². The number of nitrogens with one attached hydrogen (secondary N) is 1. The largest absolute Gasteiger partial charge is 0.392 e. The van der Waals surface area contributed by atoms with Crippen molar-refractivity contribution in [2.24, 2.45) is 0 Å². The van der Waals surface area contributed by atoms with Crippen molar-refractivity contribution in [3.8, 4) is 0 Å². The van der Waals surface area contributed by atoms with E-state index in [-0.39, 0.29) is 17.7 Å². The zero-order chi connectivity index (χ0) is 12.5. The van der Waals surface area contributed by atoms with Gasteiger partial charge >= 0.3 is 0 Å². The summed E-state index contributed by atoms with van der Waals surface area (Å²) in [4.78, 5) is 0. The molecule has 2 heterocycles. The van der Waals surface area contributed by atoms with Crippen LogP contribution in [0.1, 0.15) is 12.5 Å². The Morgan fingerprint density at radius 2 is 2.47 bits per heavy atom. The summed E-state index contributed by atoms with van der Waals surface area (Å²) in [5.41, 5.74) is 0.315. The van der Waals surface area contributed by atoms with Crippen LogP contribution in [-0.2, 0) is 16.6 Å². The number of rotatable bonds is 3. The van der Waals surface area contributed by atoms with E-state index in [1.807, 2.05) is 6.92 Å². The van der Waals surface area contributed by atoms with E-state index in [4.69, 9.17) is 5.11 Å². The average Bonchev–Trinajstić information content (AvgIpc) is 2.78. The van der Waals surface area contributed by atoms with Gasteiger partial charge in [-0.25, -0.2) is 8.42 Å². The smallest absolute Gasteiger partial charge is 0.260 e. The molecule has 1 atom stereocenters. The second kappa shape index (κ2) is 4.97. The topological polar surface area (TPSA) is 86.3 Å². The van der Waals surface area contributed by atoms with E-state index in [0.29, 0.717) is 12.1 Å². The van der Waals surface area contributed by atoms with Gasteiger partial charge in [-0.2, -0.15) is 21.2 Å². The lowest BCUT2D eigenvalue weighted by atomic mass is 10.4. The second-order valence-electron chi connectivity index (χ2n) is 3.92. The molecule has 0 spiro atoms. The highest BCUT2D eigenvalue weighted by atomic mass is 32.2. The molecule has 17 heavy (non-hydrogen) atoms. The summed E-state index contributed by atoms with van der Waals surface area (Å²) in [6.07, 6.45) is 1.34. The predicted octanol–water partition coefficient (Wildman–Crippen LogP) is 0.0280. The third-order valence-corrected chi connectivity index (χ3v) is 5.94. The molecule has 1 aliphatic heterocycles. The highest BCUT2D eigenvalue weighted by Gasteiger charge is 2.33. The number of hydrogen-bond acceptors (Lipinski definition) is 5. The van der Waals surface area contributed by atoms with Crippen LogP contribution in [0, 0.1) is 0 Å². The van der Waals surface area contributed by atoms with Crippen LogP contribution in [0.3, 0.4) is 0 Å². The van der Waals surface area contributed by atoms with Gasteiger partial charge in [0.2, 0.25) is 0 Å². The Bertz CT molecular complexity index is 485. The van der Waals surface area contributed by atoms with Crippen molar-refractivity contribution in [1.82, 2.24) is 14.5 Å². The number of aliphatic hydroxyl groups excluding tert-OH is 1. The first-order chi connectivity index (χ1) is 8.07. The van der Waals surface area contributed by atoms with Gasteiger partial charge in [-0.15, -0.1) is 0 Å². The summed E-state index contributed by atoms with van der Waals surface area (Å²) in [5, 5.41) is 15.3. The van der Waals surface area contributed by atoms with E-state index in [9.17, 15) is 8.42 Å². The van der Waals surface area contributed by atoms with E-state index in [0.717, 1.165) is 11.5 Å². The van der Waals surface area contributed by atoms with Gasteiger partial charge in [-0.05, 0) is 6.92 Å². The molecule has 1 fully saturated rings. The lowest BCUT2D eigenvalue weighted by Crippen LogP contribution is -2.44. The van der Waals surface area contributed by atoms with E-state index in [1.54, 1.807) is 11.8 Å². The SMILES string of the molecule is CC1CSCCN1S(=O)(=O)c1[nH]ncc1CO. The third kappa shape index (κ3) is 2.35. The lowest BCUT2D eigenvalue weighted by Gasteiger charge is -2.31. The standard InChI is InChI=1S/C9H15N3O3S2/c1-7-6-16-3-2-12(7)17(14,15)9-8(5-13)4-10-11-9/h4,7,13H,2-3,5-6H2,1H3,(H,10,11). The van der Waals surface area contributed by atoms with Crippen LogP contribution >= 0.6 is 11.8 Å². The van der Waals surface area contributed by atoms with E-state index < -0.39 is 10.0 Å². The van der Waals surface area contributed by atoms with Crippen molar-refractivity contribution in [2.75, 3.05) is 18.1 Å². The molecule has 1 saturated heterocycles. The lowest BCUT2D eigenvalue weighted by molar-refractivity contribution is 0.277. The molecule has 0 radical (unpaired) electrons. The minimum absolute atomic E-state index is 0.0127. The molecule has 8 heteroatoms. The van der Waals surface area contributed by atoms with Crippen LogP contribution in [-0.4, -0.2) is 52.1 Å². The maximum atomic E-state index is 12.4. The Kier molecular flexibility index (Phi) is 3.76. The number of sulfonamides is 1. The molecule has 0 saturated carbocycles. The van der Waals surface area contributed by atoms with Crippen molar-refractivity contribution < 1.29 is 13.5 Å². The fourth-order valence-corrected chi connectivity index (χ4v) is 4.78. The van der Waals surface area contributed by atoms with Gasteiger partial charge in [-0.1, -0.05) is 0 Å². The maximum Gasteiger partial charge on any atom is 0.260 e. The molecule has 0 amide bonds. The molecule has 1 aromatic rings. The molecular formula is C9H15N3O3S2. The molecule has 1 unspecified atom stereocenters. The van der Waals surface area contributed by atoms with Gasteiger partial charge in [-0.3, -0.25) is 5.10 Å². The van der Waals surface area contributed by atoms with Gasteiger partial charge < -0.3 is 5.11 Å². The maximum absolute atomic E-state index is 12.4. The number of thioether (sulfide) groups is 1. The predicted molar refractivity (Wildman–Crippen MR) is 65.2 cm³/mol. The van der Waals surface area contributed by atoms with Crippen molar-refractivity contribution >= 4 is 21.8 Å². The van der Waals surface area contributed by atoms with E-state index in [2.05, 4.69) is 10.2 Å². The molecule has 0 aromatic carbocycles. The Labute approximate surface area is 104 Å².